The molecule has 30 heavy (non-hydrogen) atoms. The highest BCUT2D eigenvalue weighted by molar-refractivity contribution is 6.74. The summed E-state index contributed by atoms with van der Waals surface area (Å²) in [7, 11) is 1.18. The number of methoxy groups -OCH3 is 2. The van der Waals surface area contributed by atoms with E-state index >= 15 is 0 Å². The van der Waals surface area contributed by atoms with Crippen LogP contribution in [-0.2, 0) is 25.3 Å². The van der Waals surface area contributed by atoms with Gasteiger partial charge in [-0.05, 0) is 35.8 Å². The molecule has 0 saturated carbocycles. The highest BCUT2D eigenvalue weighted by atomic mass is 28.4. The molecule has 0 radical (unpaired) electrons. The van der Waals surface area contributed by atoms with Gasteiger partial charge < -0.3 is 18.6 Å². The number of esters is 1. The van der Waals surface area contributed by atoms with E-state index < -0.39 is 8.32 Å². The molecule has 0 aliphatic carbocycles. The van der Waals surface area contributed by atoms with Gasteiger partial charge in [0.25, 0.3) is 0 Å². The number of benzene rings is 1. The Morgan fingerprint density at radius 1 is 1.10 bits per heavy atom. The van der Waals surface area contributed by atoms with Crippen LogP contribution in [-0.4, -0.2) is 41.2 Å². The summed E-state index contributed by atoms with van der Waals surface area (Å²) in [5.41, 5.74) is 1.07. The molecule has 0 unspecified atom stereocenters. The van der Waals surface area contributed by atoms with Crippen molar-refractivity contribution in [3.63, 3.8) is 0 Å². The van der Waals surface area contributed by atoms with Gasteiger partial charge in [0.15, 0.2) is 8.32 Å². The molecule has 0 bridgehead atoms. The molecule has 0 N–H and O–H groups in total. The molecule has 0 aromatic heterocycles. The third-order valence-electron chi connectivity index (χ3n) is 5.93. The Bertz CT molecular complexity index is 676. The molecule has 6 heteroatoms. The van der Waals surface area contributed by atoms with Crippen LogP contribution in [0.5, 0.6) is 5.75 Å². The Morgan fingerprint density at radius 2 is 1.70 bits per heavy atom. The van der Waals surface area contributed by atoms with Crippen LogP contribution in [0.1, 0.15) is 40.2 Å². The minimum atomic E-state index is -1.85. The van der Waals surface area contributed by atoms with Gasteiger partial charge in [-0.25, -0.2) is 4.79 Å². The summed E-state index contributed by atoms with van der Waals surface area (Å²) in [5, 5.41) is 0.155. The van der Waals surface area contributed by atoms with E-state index in [0.29, 0.717) is 13.2 Å². The van der Waals surface area contributed by atoms with Gasteiger partial charge >= 0.3 is 5.97 Å². The topological polar surface area (TPSA) is 54.0 Å². The molecular weight excluding hydrogens is 396 g/mol. The lowest BCUT2D eigenvalue weighted by molar-refractivity contribution is -0.134. The maximum atomic E-state index is 11.5. The fourth-order valence-electron chi connectivity index (χ4n) is 2.81. The van der Waals surface area contributed by atoms with Crippen LogP contribution in [0, 0.1) is 11.8 Å². The average Bonchev–Trinajstić information content (AvgIpc) is 2.70. The van der Waals surface area contributed by atoms with E-state index in [9.17, 15) is 4.79 Å². The molecule has 170 valence electrons. The standard InChI is InChI=1S/C24H40O5Si/c1-18(10-15-22(25)27-7)23(19(2)16-29-30(8,9)24(3,4)5)28-17-20-11-13-21(26-6)14-12-20/h10-15,18-19,23H,16-17H2,1-9H3/b15-10+/t18-,19+,23+/m1/s1. The lowest BCUT2D eigenvalue weighted by atomic mass is 9.93. The minimum Gasteiger partial charge on any atom is -0.497 e. The fourth-order valence-corrected chi connectivity index (χ4v) is 3.92. The number of rotatable bonds is 11. The summed E-state index contributed by atoms with van der Waals surface area (Å²) in [6.45, 7) is 16.5. The maximum Gasteiger partial charge on any atom is 0.330 e. The molecule has 1 rings (SSSR count). The number of hydrogen-bond acceptors (Lipinski definition) is 5. The molecule has 0 saturated heterocycles. The molecule has 0 fully saturated rings. The van der Waals surface area contributed by atoms with Crippen LogP contribution in [0.3, 0.4) is 0 Å². The van der Waals surface area contributed by atoms with E-state index in [4.69, 9.17) is 18.6 Å². The molecule has 0 aliphatic rings. The van der Waals surface area contributed by atoms with Gasteiger partial charge in [-0.1, -0.05) is 52.8 Å². The first kappa shape index (κ1) is 26.4. The van der Waals surface area contributed by atoms with Crippen molar-refractivity contribution in [2.24, 2.45) is 11.8 Å². The summed E-state index contributed by atoms with van der Waals surface area (Å²) in [6.07, 6.45) is 3.22. The molecular formula is C24H40O5Si. The Hall–Kier alpha value is -1.63. The zero-order valence-electron chi connectivity index (χ0n) is 20.2. The lowest BCUT2D eigenvalue weighted by Crippen LogP contribution is -2.43. The van der Waals surface area contributed by atoms with E-state index in [2.05, 4.69) is 47.7 Å². The van der Waals surface area contributed by atoms with E-state index in [1.54, 1.807) is 7.11 Å². The predicted octanol–water partition coefficient (Wildman–Crippen LogP) is 5.60. The smallest absolute Gasteiger partial charge is 0.330 e. The second kappa shape index (κ2) is 11.7. The normalized spacial score (nSPS) is 15.6. The van der Waals surface area contributed by atoms with Gasteiger partial charge in [0.1, 0.15) is 5.75 Å². The SMILES string of the molecule is COC(=O)/C=C/[C@@H](C)[C@H](OCc1ccc(OC)cc1)[C@@H](C)CO[Si](C)(C)C(C)(C)C. The van der Waals surface area contributed by atoms with Crippen molar-refractivity contribution < 1.29 is 23.4 Å². The molecule has 3 atom stereocenters. The van der Waals surface area contributed by atoms with Gasteiger partial charge in [0.2, 0.25) is 0 Å². The largest absolute Gasteiger partial charge is 0.497 e. The number of carbonyl (C=O) groups is 1. The summed E-state index contributed by atoms with van der Waals surface area (Å²) in [4.78, 5) is 11.5. The number of carbonyl (C=O) groups excluding carboxylic acids is 1. The fraction of sp³-hybridized carbons (Fsp3) is 0.625. The third kappa shape index (κ3) is 8.24. The Labute approximate surface area is 183 Å². The quantitative estimate of drug-likeness (QED) is 0.257. The van der Waals surface area contributed by atoms with Crippen LogP contribution in [0.4, 0.5) is 0 Å². The van der Waals surface area contributed by atoms with Crippen LogP contribution >= 0.6 is 0 Å². The van der Waals surface area contributed by atoms with Gasteiger partial charge in [0.05, 0.1) is 26.9 Å². The second-order valence-corrected chi connectivity index (χ2v) is 14.2. The van der Waals surface area contributed by atoms with Gasteiger partial charge in [-0.2, -0.15) is 0 Å². The van der Waals surface area contributed by atoms with Crippen molar-refractivity contribution in [3.8, 4) is 5.75 Å². The van der Waals surface area contributed by atoms with Gasteiger partial charge in [0, 0.05) is 24.5 Å². The Kier molecular flexibility index (Phi) is 10.3. The average molecular weight is 437 g/mol. The van der Waals surface area contributed by atoms with Crippen molar-refractivity contribution in [2.75, 3.05) is 20.8 Å². The molecule has 1 aromatic rings. The van der Waals surface area contributed by atoms with E-state index in [0.717, 1.165) is 11.3 Å². The van der Waals surface area contributed by atoms with E-state index in [1.807, 2.05) is 30.3 Å². The Balaban J connectivity index is 2.89. The van der Waals surface area contributed by atoms with E-state index in [1.165, 1.54) is 13.2 Å². The minimum absolute atomic E-state index is 0.0281. The van der Waals surface area contributed by atoms with Crippen LogP contribution in [0.25, 0.3) is 0 Å². The van der Waals surface area contributed by atoms with Crippen LogP contribution < -0.4 is 4.74 Å². The predicted molar refractivity (Wildman–Crippen MR) is 124 cm³/mol. The van der Waals surface area contributed by atoms with Gasteiger partial charge in [-0.15, -0.1) is 0 Å². The molecule has 5 nitrogen and oxygen atoms in total. The molecule has 0 spiro atoms. The first-order valence-corrected chi connectivity index (χ1v) is 13.5. The lowest BCUT2D eigenvalue weighted by Gasteiger charge is -2.38. The maximum absolute atomic E-state index is 11.5. The van der Waals surface area contributed by atoms with Crippen molar-refractivity contribution in [1.82, 2.24) is 0 Å². The Morgan fingerprint density at radius 3 is 2.20 bits per heavy atom. The zero-order valence-corrected chi connectivity index (χ0v) is 21.2. The van der Waals surface area contributed by atoms with Crippen molar-refractivity contribution in [3.05, 3.63) is 42.0 Å². The number of ether oxygens (including phenoxy) is 3. The summed E-state index contributed by atoms with van der Waals surface area (Å²) in [6, 6.07) is 7.86. The summed E-state index contributed by atoms with van der Waals surface area (Å²) < 4.78 is 22.7. The summed E-state index contributed by atoms with van der Waals surface area (Å²) in [5.74, 6) is 0.650. The van der Waals surface area contributed by atoms with Crippen LogP contribution in [0.2, 0.25) is 18.1 Å². The monoisotopic (exact) mass is 436 g/mol. The molecule has 0 aliphatic heterocycles. The first-order valence-electron chi connectivity index (χ1n) is 10.6. The number of hydrogen-bond donors (Lipinski definition) is 0. The second-order valence-electron chi connectivity index (χ2n) is 9.41. The van der Waals surface area contributed by atoms with Crippen molar-refractivity contribution >= 4 is 14.3 Å². The first-order chi connectivity index (χ1) is 13.9. The van der Waals surface area contributed by atoms with Crippen molar-refractivity contribution in [2.45, 2.75) is 65.5 Å². The van der Waals surface area contributed by atoms with E-state index in [-0.39, 0.29) is 28.9 Å². The molecule has 0 amide bonds. The zero-order chi connectivity index (χ0) is 22.9. The van der Waals surface area contributed by atoms with Crippen molar-refractivity contribution in [1.29, 1.82) is 0 Å². The van der Waals surface area contributed by atoms with Crippen LogP contribution in [0.15, 0.2) is 36.4 Å². The highest BCUT2D eigenvalue weighted by Gasteiger charge is 2.38. The molecule has 1 aromatic carbocycles. The molecule has 0 heterocycles. The van der Waals surface area contributed by atoms with Gasteiger partial charge in [-0.3, -0.25) is 0 Å². The third-order valence-corrected chi connectivity index (χ3v) is 10.4. The summed E-state index contributed by atoms with van der Waals surface area (Å²) >= 11 is 0. The highest BCUT2D eigenvalue weighted by Crippen LogP contribution is 2.37.